The van der Waals surface area contributed by atoms with Crippen molar-refractivity contribution >= 4 is 78.9 Å². The summed E-state index contributed by atoms with van der Waals surface area (Å²) in [6.07, 6.45) is 0. The van der Waals surface area contributed by atoms with E-state index in [2.05, 4.69) is 5.14 Å². The molecular weight excluding hydrogens is 280 g/mol. The normalized spacial score (nSPS) is 12.4. The summed E-state index contributed by atoms with van der Waals surface area (Å²) in [6, 6.07) is 0. The first kappa shape index (κ1) is 13.3. The number of alkyl halides is 3. The molecule has 0 aromatic carbocycles. The van der Waals surface area contributed by atoms with E-state index in [1.807, 2.05) is 0 Å². The Kier molecular flexibility index (Phi) is 5.86. The second-order valence-electron chi connectivity index (χ2n) is 0.991. The molecule has 3 nitrogen and oxygen atoms in total. The Bertz CT molecular complexity index is 171. The molecule has 0 amide bonds. The summed E-state index contributed by atoms with van der Waals surface area (Å²) in [6.45, 7) is 0. The van der Waals surface area contributed by atoms with Crippen LogP contribution in [0.4, 0.5) is 13.2 Å². The molecule has 0 bridgehead atoms. The van der Waals surface area contributed by atoms with E-state index in [9.17, 15) is 21.6 Å². The molecule has 0 atom stereocenters. The second-order valence-corrected chi connectivity index (χ2v) is 2.54. The van der Waals surface area contributed by atoms with Gasteiger partial charge in [0.15, 0.2) is 0 Å². The van der Waals surface area contributed by atoms with Crippen molar-refractivity contribution in [1.82, 2.24) is 0 Å². The Morgan fingerprint density at radius 1 is 1.22 bits per heavy atom. The number of rotatable bonds is 0. The van der Waals surface area contributed by atoms with E-state index in [4.69, 9.17) is 0 Å². The topological polar surface area (TPSA) is 60.2 Å². The molecule has 0 aliphatic rings. The molecule has 0 aromatic rings. The van der Waals surface area contributed by atoms with Crippen LogP contribution in [0.2, 0.25) is 0 Å². The summed E-state index contributed by atoms with van der Waals surface area (Å²) in [5.74, 6) is 0. The van der Waals surface area contributed by atoms with Crippen molar-refractivity contribution in [2.24, 2.45) is 5.14 Å². The second kappa shape index (κ2) is 3.95. The first-order valence-electron chi connectivity index (χ1n) is 1.34. The third kappa shape index (κ3) is 5.07. The Morgan fingerprint density at radius 3 is 1.33 bits per heavy atom. The molecule has 0 aliphatic carbocycles. The molecule has 0 radical (unpaired) electrons. The van der Waals surface area contributed by atoms with Crippen LogP contribution in [0, 0.1) is 0 Å². The van der Waals surface area contributed by atoms with Crippen LogP contribution < -0.4 is 5.14 Å². The van der Waals surface area contributed by atoms with Crippen molar-refractivity contribution in [3.05, 3.63) is 0 Å². The van der Waals surface area contributed by atoms with Gasteiger partial charge in [-0.15, -0.1) is 0 Å². The molecule has 0 aliphatic heterocycles. The molecule has 52 valence electrons. The third-order valence-electron chi connectivity index (χ3n) is 0.323. The van der Waals surface area contributed by atoms with Gasteiger partial charge in [0, 0.05) is 0 Å². The number of sulfonamides is 1. The Labute approximate surface area is 109 Å². The molecular formula is CH3CsF3NO2S. The molecule has 0 heterocycles. The van der Waals surface area contributed by atoms with Gasteiger partial charge in [-0.1, -0.05) is 0 Å². The van der Waals surface area contributed by atoms with Crippen LogP contribution in [0.3, 0.4) is 0 Å². The van der Waals surface area contributed by atoms with Gasteiger partial charge in [-0.3, -0.25) is 0 Å². The molecule has 8 heteroatoms. The van der Waals surface area contributed by atoms with E-state index < -0.39 is 15.5 Å². The SMILES string of the molecule is NS(=O)(=O)C(F)(F)F.[CsH]. The quantitative estimate of drug-likeness (QED) is 0.629. The zero-order chi connectivity index (χ0) is 7.00. The summed E-state index contributed by atoms with van der Waals surface area (Å²) in [5.41, 5.74) is -5.31. The van der Waals surface area contributed by atoms with Crippen LogP contribution in [0.5, 0.6) is 0 Å². The van der Waals surface area contributed by atoms with Crippen LogP contribution >= 0.6 is 0 Å². The summed E-state index contributed by atoms with van der Waals surface area (Å²) in [5, 5.41) is 3.66. The van der Waals surface area contributed by atoms with Gasteiger partial charge in [0.1, 0.15) is 0 Å². The Hall–Kier alpha value is 1.75. The molecule has 0 unspecified atom stereocenters. The van der Waals surface area contributed by atoms with Crippen molar-refractivity contribution < 1.29 is 21.6 Å². The summed E-state index contributed by atoms with van der Waals surface area (Å²) >= 11 is 0. The minimum atomic E-state index is -5.34. The number of halogens is 3. The predicted molar refractivity (Wildman–Crippen MR) is 26.3 cm³/mol. The molecule has 0 rings (SSSR count). The van der Waals surface area contributed by atoms with Gasteiger partial charge in [-0.2, -0.15) is 13.2 Å². The molecule has 2 N–H and O–H groups in total. The summed E-state index contributed by atoms with van der Waals surface area (Å²) < 4.78 is 51.2. The zero-order valence-corrected chi connectivity index (χ0v) is 4.25. The number of primary sulfonamides is 1. The molecule has 0 fully saturated rings. The Morgan fingerprint density at radius 2 is 1.33 bits per heavy atom. The van der Waals surface area contributed by atoms with Gasteiger partial charge in [-0.05, 0) is 0 Å². The van der Waals surface area contributed by atoms with Gasteiger partial charge >= 0.3 is 84.4 Å². The maximum absolute atomic E-state index is 10.8. The predicted octanol–water partition coefficient (Wildman–Crippen LogP) is -0.854. The third-order valence-corrected chi connectivity index (χ3v) is 0.968. The van der Waals surface area contributed by atoms with E-state index in [0.717, 1.165) is 0 Å². The fourth-order valence-corrected chi connectivity index (χ4v) is 0. The van der Waals surface area contributed by atoms with E-state index in [0.29, 0.717) is 0 Å². The van der Waals surface area contributed by atoms with Gasteiger partial charge in [-0.25, -0.2) is 13.6 Å². The average Bonchev–Trinajstić information content (AvgIpc) is 1.25. The first-order chi connectivity index (χ1) is 3.25. The van der Waals surface area contributed by atoms with Crippen LogP contribution in [-0.2, 0) is 10.0 Å². The minimum absolute atomic E-state index is 0. The summed E-state index contributed by atoms with van der Waals surface area (Å²) in [4.78, 5) is 0. The molecule has 0 saturated heterocycles. The van der Waals surface area contributed by atoms with Crippen LogP contribution in [-0.4, -0.2) is 82.8 Å². The standard InChI is InChI=1S/CH2F3NO2S.Cs.H/c2-1(3,4)8(5,6)7;;/h(H2,5,6,7);;. The van der Waals surface area contributed by atoms with E-state index >= 15 is 0 Å². The fraction of sp³-hybridized carbons (Fsp3) is 1.00. The van der Waals surface area contributed by atoms with Crippen molar-refractivity contribution in [3.63, 3.8) is 0 Å². The van der Waals surface area contributed by atoms with E-state index in [1.165, 1.54) is 0 Å². The summed E-state index contributed by atoms with van der Waals surface area (Å²) in [7, 11) is -5.34. The van der Waals surface area contributed by atoms with Crippen LogP contribution in [0.25, 0.3) is 0 Å². The van der Waals surface area contributed by atoms with Gasteiger partial charge < -0.3 is 0 Å². The van der Waals surface area contributed by atoms with Crippen LogP contribution in [0.15, 0.2) is 0 Å². The van der Waals surface area contributed by atoms with E-state index in [-0.39, 0.29) is 68.9 Å². The molecule has 9 heavy (non-hydrogen) atoms. The van der Waals surface area contributed by atoms with Gasteiger partial charge in [0.2, 0.25) is 0 Å². The first-order valence-corrected chi connectivity index (χ1v) is 2.89. The van der Waals surface area contributed by atoms with Gasteiger partial charge in [0.25, 0.3) is 0 Å². The molecule has 0 aromatic heterocycles. The van der Waals surface area contributed by atoms with E-state index in [1.54, 1.807) is 0 Å². The van der Waals surface area contributed by atoms with Crippen molar-refractivity contribution in [2.75, 3.05) is 0 Å². The maximum atomic E-state index is 10.8. The number of nitrogens with two attached hydrogens (primary N) is 1. The Balaban J connectivity index is 0. The van der Waals surface area contributed by atoms with Crippen molar-refractivity contribution in [2.45, 2.75) is 5.51 Å². The monoisotopic (exact) mass is 283 g/mol. The average molecular weight is 283 g/mol. The van der Waals surface area contributed by atoms with Crippen molar-refractivity contribution in [3.8, 4) is 0 Å². The van der Waals surface area contributed by atoms with Crippen molar-refractivity contribution in [1.29, 1.82) is 0 Å². The number of hydrogen-bond acceptors (Lipinski definition) is 2. The zero-order valence-electron chi connectivity index (χ0n) is 3.44. The molecule has 0 spiro atoms. The number of hydrogen-bond donors (Lipinski definition) is 1. The van der Waals surface area contributed by atoms with Gasteiger partial charge in [0.05, 0.1) is 0 Å². The molecule has 0 saturated carbocycles. The van der Waals surface area contributed by atoms with Crippen LogP contribution in [0.1, 0.15) is 0 Å². The fourth-order valence-electron chi connectivity index (χ4n) is 0.